The number of rotatable bonds is 8. The van der Waals surface area contributed by atoms with Crippen LogP contribution >= 0.6 is 0 Å². The molecule has 0 aliphatic rings. The standard InChI is InChI=1S/C13H28N4/c1-7-12(15-10-14)9-13(17(5)6)8-11(2)16(3)4/h11-14H,7-9H2,1-6H3. The van der Waals surface area contributed by atoms with Gasteiger partial charge in [0.2, 0.25) is 0 Å². The van der Waals surface area contributed by atoms with E-state index < -0.39 is 0 Å². The molecule has 0 rings (SSSR count). The van der Waals surface area contributed by atoms with E-state index in [1.165, 1.54) is 0 Å². The van der Waals surface area contributed by atoms with Gasteiger partial charge < -0.3 is 9.80 Å². The van der Waals surface area contributed by atoms with E-state index in [1.807, 2.05) is 0 Å². The highest BCUT2D eigenvalue weighted by Crippen LogP contribution is 2.16. The summed E-state index contributed by atoms with van der Waals surface area (Å²) in [5.41, 5.74) is 0. The second-order valence-corrected chi connectivity index (χ2v) is 5.20. The zero-order valence-electron chi connectivity index (χ0n) is 12.2. The molecule has 0 aromatic carbocycles. The molecule has 3 unspecified atom stereocenters. The lowest BCUT2D eigenvalue weighted by Crippen LogP contribution is -2.37. The Bertz CT molecular complexity index is 244. The molecule has 0 bridgehead atoms. The quantitative estimate of drug-likeness (QED) is 0.661. The molecule has 4 heteroatoms. The molecule has 0 saturated heterocycles. The van der Waals surface area contributed by atoms with E-state index >= 15 is 0 Å². The number of nitrogens with one attached hydrogen (secondary N) is 1. The maximum absolute atomic E-state index is 6.96. The van der Waals surface area contributed by atoms with Gasteiger partial charge in [-0.05, 0) is 54.4 Å². The van der Waals surface area contributed by atoms with Gasteiger partial charge in [-0.15, -0.1) is 0 Å². The van der Waals surface area contributed by atoms with Gasteiger partial charge >= 0.3 is 0 Å². The second-order valence-electron chi connectivity index (χ2n) is 5.20. The highest BCUT2D eigenvalue weighted by Gasteiger charge is 2.20. The van der Waals surface area contributed by atoms with E-state index in [0.29, 0.717) is 12.1 Å². The van der Waals surface area contributed by atoms with Crippen LogP contribution in [0.2, 0.25) is 0 Å². The Labute approximate surface area is 106 Å². The van der Waals surface area contributed by atoms with Crippen LogP contribution in [0.25, 0.3) is 0 Å². The van der Waals surface area contributed by atoms with E-state index in [0.717, 1.165) is 19.3 Å². The normalized spacial score (nSPS) is 16.7. The summed E-state index contributed by atoms with van der Waals surface area (Å²) in [6, 6.07) is 3.48. The summed E-state index contributed by atoms with van der Waals surface area (Å²) in [6.07, 6.45) is 3.12. The fraction of sp³-hybridized carbons (Fsp3) is 0.923. The molecule has 1 N–H and O–H groups in total. The highest BCUT2D eigenvalue weighted by molar-refractivity contribution is 5.36. The molecule has 0 aliphatic heterocycles. The zero-order chi connectivity index (χ0) is 13.4. The molecular formula is C13H28N4. The predicted octanol–water partition coefficient (Wildman–Crippen LogP) is 2.18. The van der Waals surface area contributed by atoms with Gasteiger partial charge in [0.25, 0.3) is 0 Å². The van der Waals surface area contributed by atoms with E-state index in [2.05, 4.69) is 62.8 Å². The van der Waals surface area contributed by atoms with Crippen LogP contribution in [-0.2, 0) is 0 Å². The first-order chi connectivity index (χ1) is 7.92. The van der Waals surface area contributed by atoms with E-state index in [1.54, 1.807) is 0 Å². The van der Waals surface area contributed by atoms with Gasteiger partial charge in [-0.2, -0.15) is 0 Å². The lowest BCUT2D eigenvalue weighted by Gasteiger charge is -2.31. The molecule has 17 heavy (non-hydrogen) atoms. The van der Waals surface area contributed by atoms with E-state index in [4.69, 9.17) is 5.41 Å². The van der Waals surface area contributed by atoms with Crippen molar-refractivity contribution < 1.29 is 0 Å². The summed E-state index contributed by atoms with van der Waals surface area (Å²) in [6.45, 7) is 4.37. The van der Waals surface area contributed by atoms with Gasteiger partial charge in [-0.25, -0.2) is 10.4 Å². The minimum Gasteiger partial charge on any atom is -0.307 e. The smallest absolute Gasteiger partial charge is 0.0864 e. The molecule has 3 atom stereocenters. The monoisotopic (exact) mass is 240 g/mol. The number of hydrogen-bond donors (Lipinski definition) is 1. The minimum atomic E-state index is 0.231. The molecule has 0 aromatic rings. The van der Waals surface area contributed by atoms with Crippen LogP contribution in [0.5, 0.6) is 0 Å². The maximum Gasteiger partial charge on any atom is 0.0864 e. The number of hydrogen-bond acceptors (Lipinski definition) is 4. The van der Waals surface area contributed by atoms with Crippen molar-refractivity contribution in [3.63, 3.8) is 0 Å². The van der Waals surface area contributed by atoms with Gasteiger partial charge in [0.1, 0.15) is 0 Å². The van der Waals surface area contributed by atoms with Crippen LogP contribution in [0.15, 0.2) is 4.99 Å². The van der Waals surface area contributed by atoms with Crippen molar-refractivity contribution in [1.82, 2.24) is 9.80 Å². The molecule has 100 valence electrons. The first kappa shape index (κ1) is 16.3. The maximum atomic E-state index is 6.96. The van der Waals surface area contributed by atoms with Crippen LogP contribution in [-0.4, -0.2) is 62.1 Å². The van der Waals surface area contributed by atoms with Crippen molar-refractivity contribution in [2.24, 2.45) is 4.99 Å². The third-order valence-electron chi connectivity index (χ3n) is 3.49. The molecule has 0 radical (unpaired) electrons. The summed E-state index contributed by atoms with van der Waals surface area (Å²) < 4.78 is 0. The van der Waals surface area contributed by atoms with Gasteiger partial charge in [0.15, 0.2) is 0 Å². The lowest BCUT2D eigenvalue weighted by atomic mass is 9.98. The molecule has 4 nitrogen and oxygen atoms in total. The van der Waals surface area contributed by atoms with Crippen LogP contribution < -0.4 is 0 Å². The summed E-state index contributed by atoms with van der Waals surface area (Å²) in [7, 11) is 8.47. The Morgan fingerprint density at radius 1 is 1.12 bits per heavy atom. The Kier molecular flexibility index (Phi) is 8.05. The molecule has 0 spiro atoms. The first-order valence-corrected chi connectivity index (χ1v) is 6.36. The van der Waals surface area contributed by atoms with Crippen molar-refractivity contribution >= 4 is 6.01 Å². The zero-order valence-corrected chi connectivity index (χ0v) is 12.2. The summed E-state index contributed by atoms with van der Waals surface area (Å²) in [5, 5.41) is 6.96. The highest BCUT2D eigenvalue weighted by atomic mass is 15.1. The average Bonchev–Trinajstić information content (AvgIpc) is 2.26. The molecule has 0 fully saturated rings. The summed E-state index contributed by atoms with van der Waals surface area (Å²) >= 11 is 0. The molecule has 0 saturated carbocycles. The minimum absolute atomic E-state index is 0.231. The van der Waals surface area contributed by atoms with Crippen molar-refractivity contribution in [3.8, 4) is 0 Å². The molecule has 0 heterocycles. The molecule has 0 amide bonds. The third-order valence-corrected chi connectivity index (χ3v) is 3.49. The SMILES string of the molecule is CCC(CC(CC(C)N(C)C)N(C)C)N=C=N. The largest absolute Gasteiger partial charge is 0.307 e. The van der Waals surface area contributed by atoms with E-state index in [9.17, 15) is 0 Å². The molecular weight excluding hydrogens is 212 g/mol. The Morgan fingerprint density at radius 2 is 1.71 bits per heavy atom. The Morgan fingerprint density at radius 3 is 2.06 bits per heavy atom. The van der Waals surface area contributed by atoms with E-state index in [-0.39, 0.29) is 6.04 Å². The van der Waals surface area contributed by atoms with Crippen LogP contribution in [0.3, 0.4) is 0 Å². The average molecular weight is 240 g/mol. The number of nitrogens with zero attached hydrogens (tertiary/aromatic N) is 3. The fourth-order valence-electron chi connectivity index (χ4n) is 1.84. The van der Waals surface area contributed by atoms with Gasteiger partial charge in [-0.3, -0.25) is 0 Å². The third kappa shape index (κ3) is 6.57. The topological polar surface area (TPSA) is 42.7 Å². The van der Waals surface area contributed by atoms with Crippen molar-refractivity contribution in [1.29, 1.82) is 5.41 Å². The summed E-state index contributed by atoms with van der Waals surface area (Å²) in [5.74, 6) is 0. The lowest BCUT2D eigenvalue weighted by molar-refractivity contribution is 0.191. The van der Waals surface area contributed by atoms with Crippen LogP contribution in [0.4, 0.5) is 0 Å². The first-order valence-electron chi connectivity index (χ1n) is 6.36. The Hall–Kier alpha value is -0.700. The number of aliphatic imine (C=N–C) groups is 1. The van der Waals surface area contributed by atoms with Crippen molar-refractivity contribution in [2.45, 2.75) is 51.2 Å². The predicted molar refractivity (Wildman–Crippen MR) is 74.1 cm³/mol. The van der Waals surface area contributed by atoms with Crippen molar-refractivity contribution in [3.05, 3.63) is 0 Å². The van der Waals surface area contributed by atoms with Gasteiger partial charge in [-0.1, -0.05) is 6.92 Å². The van der Waals surface area contributed by atoms with Crippen LogP contribution in [0, 0.1) is 5.41 Å². The fourth-order valence-corrected chi connectivity index (χ4v) is 1.84. The molecule has 0 aromatic heterocycles. The Balaban J connectivity index is 4.47. The second kappa shape index (κ2) is 8.40. The van der Waals surface area contributed by atoms with Gasteiger partial charge in [0.05, 0.1) is 12.1 Å². The summed E-state index contributed by atoms with van der Waals surface area (Å²) in [4.78, 5) is 8.61. The van der Waals surface area contributed by atoms with Gasteiger partial charge in [0, 0.05) is 12.1 Å². The van der Waals surface area contributed by atoms with Crippen LogP contribution in [0.1, 0.15) is 33.1 Å². The molecule has 0 aliphatic carbocycles. The van der Waals surface area contributed by atoms with Crippen molar-refractivity contribution in [2.75, 3.05) is 28.2 Å².